The largest absolute Gasteiger partial charge is 0.466 e. The highest BCUT2D eigenvalue weighted by atomic mass is 16.5. The summed E-state index contributed by atoms with van der Waals surface area (Å²) in [5.74, 6) is -2.29. The van der Waals surface area contributed by atoms with Crippen LogP contribution < -0.4 is 16.0 Å². The van der Waals surface area contributed by atoms with Gasteiger partial charge in [-0.3, -0.25) is 4.90 Å². The molecule has 0 aliphatic carbocycles. The van der Waals surface area contributed by atoms with Crippen LogP contribution in [0.15, 0.2) is 71.2 Å². The minimum atomic E-state index is -0.879. The molecular formula is C25H24N4O4. The fraction of sp³-hybridized carbons (Fsp3) is 0.240. The number of nitriles is 1. The van der Waals surface area contributed by atoms with Crippen molar-refractivity contribution >= 4 is 17.6 Å². The van der Waals surface area contributed by atoms with Crippen molar-refractivity contribution in [2.24, 2.45) is 5.73 Å². The Morgan fingerprint density at radius 3 is 2.48 bits per heavy atom. The molecule has 4 rings (SSSR count). The van der Waals surface area contributed by atoms with Crippen molar-refractivity contribution in [3.8, 4) is 6.07 Å². The highest BCUT2D eigenvalue weighted by Crippen LogP contribution is 2.44. The zero-order chi connectivity index (χ0) is 23.5. The van der Waals surface area contributed by atoms with E-state index in [0.29, 0.717) is 24.2 Å². The number of rotatable bonds is 4. The van der Waals surface area contributed by atoms with Crippen molar-refractivity contribution < 1.29 is 19.1 Å². The van der Waals surface area contributed by atoms with Crippen LogP contribution in [-0.4, -0.2) is 32.7 Å². The van der Waals surface area contributed by atoms with Gasteiger partial charge in [-0.05, 0) is 35.7 Å². The third-order valence-corrected chi connectivity index (χ3v) is 5.97. The van der Waals surface area contributed by atoms with Gasteiger partial charge in [0.25, 0.3) is 0 Å². The molecule has 0 spiro atoms. The van der Waals surface area contributed by atoms with E-state index in [1.54, 1.807) is 24.3 Å². The number of anilines is 1. The molecule has 2 aliphatic rings. The lowest BCUT2D eigenvalue weighted by atomic mass is 9.80. The standard InChI is InChI=1S/C25H24N4O4/c1-32-24(30)21-20(15-7-4-3-5-8-15)18(13-26)23(27)29(22(21)25(31)33-2)19-10-6-9-16-14-28-12-11-17(16)19/h3-10,20,28H,11-12,14,27H2,1-2H3. The number of carbonyl (C=O) groups is 2. The first kappa shape index (κ1) is 22.1. The molecular weight excluding hydrogens is 420 g/mol. The van der Waals surface area contributed by atoms with Crippen LogP contribution in [0.1, 0.15) is 22.6 Å². The highest BCUT2D eigenvalue weighted by Gasteiger charge is 2.43. The van der Waals surface area contributed by atoms with Gasteiger partial charge in [0.1, 0.15) is 11.5 Å². The molecule has 0 amide bonds. The summed E-state index contributed by atoms with van der Waals surface area (Å²) >= 11 is 0. The number of ether oxygens (including phenoxy) is 2. The van der Waals surface area contributed by atoms with Crippen LogP contribution >= 0.6 is 0 Å². The molecule has 3 N–H and O–H groups in total. The molecule has 2 aromatic rings. The Morgan fingerprint density at radius 2 is 1.82 bits per heavy atom. The molecule has 1 atom stereocenters. The molecule has 2 aromatic carbocycles. The van der Waals surface area contributed by atoms with E-state index >= 15 is 0 Å². The number of allylic oxidation sites excluding steroid dienone is 1. The van der Waals surface area contributed by atoms with E-state index in [0.717, 1.165) is 17.7 Å². The van der Waals surface area contributed by atoms with Gasteiger partial charge in [0.15, 0.2) is 0 Å². The molecule has 2 aliphatic heterocycles. The maximum Gasteiger partial charge on any atom is 0.355 e. The van der Waals surface area contributed by atoms with Crippen molar-refractivity contribution in [2.75, 3.05) is 25.7 Å². The average molecular weight is 444 g/mol. The quantitative estimate of drug-likeness (QED) is 0.690. The number of nitrogens with one attached hydrogen (secondary N) is 1. The molecule has 0 fully saturated rings. The van der Waals surface area contributed by atoms with E-state index in [2.05, 4.69) is 11.4 Å². The first-order valence-electron chi connectivity index (χ1n) is 10.5. The third-order valence-electron chi connectivity index (χ3n) is 5.97. The summed E-state index contributed by atoms with van der Waals surface area (Å²) in [6, 6.07) is 16.8. The fourth-order valence-electron chi connectivity index (χ4n) is 4.48. The van der Waals surface area contributed by atoms with Gasteiger partial charge >= 0.3 is 11.9 Å². The zero-order valence-electron chi connectivity index (χ0n) is 18.4. The molecule has 33 heavy (non-hydrogen) atoms. The Kier molecular flexibility index (Phi) is 6.16. The van der Waals surface area contributed by atoms with E-state index in [1.807, 2.05) is 24.3 Å². The second-order valence-electron chi connectivity index (χ2n) is 7.68. The van der Waals surface area contributed by atoms with Gasteiger partial charge < -0.3 is 20.5 Å². The normalized spacial score (nSPS) is 17.8. The lowest BCUT2D eigenvalue weighted by molar-refractivity contribution is -0.139. The molecule has 8 nitrogen and oxygen atoms in total. The van der Waals surface area contributed by atoms with Crippen LogP contribution in [0.4, 0.5) is 5.69 Å². The Morgan fingerprint density at radius 1 is 1.09 bits per heavy atom. The van der Waals surface area contributed by atoms with E-state index < -0.39 is 17.9 Å². The number of hydrogen-bond acceptors (Lipinski definition) is 8. The van der Waals surface area contributed by atoms with Crippen LogP contribution in [-0.2, 0) is 32.0 Å². The SMILES string of the molecule is COC(=O)C1=C(C(=O)OC)N(c2cccc3c2CCNC3)C(N)=C(C#N)C1c1ccccc1. The van der Waals surface area contributed by atoms with Gasteiger partial charge in [-0.2, -0.15) is 5.26 Å². The van der Waals surface area contributed by atoms with E-state index in [4.69, 9.17) is 15.2 Å². The predicted octanol–water partition coefficient (Wildman–Crippen LogP) is 2.23. The minimum absolute atomic E-state index is 0.00726. The maximum absolute atomic E-state index is 13.2. The van der Waals surface area contributed by atoms with E-state index in [9.17, 15) is 14.9 Å². The lowest BCUT2D eigenvalue weighted by Gasteiger charge is -2.37. The topological polar surface area (TPSA) is 118 Å². The first-order chi connectivity index (χ1) is 16.0. The Hall–Kier alpha value is -4.09. The number of carbonyl (C=O) groups excluding carboxylic acids is 2. The molecule has 2 heterocycles. The second kappa shape index (κ2) is 9.18. The van der Waals surface area contributed by atoms with Gasteiger partial charge in [-0.25, -0.2) is 9.59 Å². The molecule has 0 saturated heterocycles. The van der Waals surface area contributed by atoms with Crippen LogP contribution in [0.2, 0.25) is 0 Å². The Balaban J connectivity index is 2.07. The molecule has 8 heteroatoms. The first-order valence-corrected chi connectivity index (χ1v) is 10.5. The summed E-state index contributed by atoms with van der Waals surface area (Å²) in [6.07, 6.45) is 0.696. The summed E-state index contributed by atoms with van der Waals surface area (Å²) in [5.41, 5.74) is 10.0. The summed E-state index contributed by atoms with van der Waals surface area (Å²) < 4.78 is 10.2. The van der Waals surface area contributed by atoms with Gasteiger partial charge in [0.2, 0.25) is 0 Å². The monoisotopic (exact) mass is 444 g/mol. The molecule has 0 bridgehead atoms. The van der Waals surface area contributed by atoms with Crippen molar-refractivity contribution in [3.05, 3.63) is 87.9 Å². The maximum atomic E-state index is 13.2. The number of fused-ring (bicyclic) bond motifs is 1. The summed E-state index contributed by atoms with van der Waals surface area (Å²) in [7, 11) is 2.48. The summed E-state index contributed by atoms with van der Waals surface area (Å²) in [6.45, 7) is 1.42. The Bertz CT molecular complexity index is 1210. The number of nitrogens with two attached hydrogens (primary N) is 1. The lowest BCUT2D eigenvalue weighted by Crippen LogP contribution is -2.41. The van der Waals surface area contributed by atoms with E-state index in [-0.39, 0.29) is 22.7 Å². The highest BCUT2D eigenvalue weighted by molar-refractivity contribution is 6.06. The molecule has 0 radical (unpaired) electrons. The van der Waals surface area contributed by atoms with Gasteiger partial charge in [-0.1, -0.05) is 42.5 Å². The second-order valence-corrected chi connectivity index (χ2v) is 7.68. The zero-order valence-corrected chi connectivity index (χ0v) is 18.4. The number of nitrogens with zero attached hydrogens (tertiary/aromatic N) is 2. The van der Waals surface area contributed by atoms with E-state index in [1.165, 1.54) is 19.1 Å². The van der Waals surface area contributed by atoms with Crippen molar-refractivity contribution in [1.29, 1.82) is 5.26 Å². The molecule has 0 saturated carbocycles. The fourth-order valence-corrected chi connectivity index (χ4v) is 4.48. The number of benzene rings is 2. The number of methoxy groups -OCH3 is 2. The number of hydrogen-bond donors (Lipinski definition) is 2. The van der Waals surface area contributed by atoms with Gasteiger partial charge in [0.05, 0.1) is 43.0 Å². The summed E-state index contributed by atoms with van der Waals surface area (Å²) in [5, 5.41) is 13.5. The van der Waals surface area contributed by atoms with Gasteiger partial charge in [-0.15, -0.1) is 0 Å². The predicted molar refractivity (Wildman–Crippen MR) is 121 cm³/mol. The van der Waals surface area contributed by atoms with Crippen molar-refractivity contribution in [3.63, 3.8) is 0 Å². The molecule has 168 valence electrons. The summed E-state index contributed by atoms with van der Waals surface area (Å²) in [4.78, 5) is 27.8. The average Bonchev–Trinajstić information content (AvgIpc) is 2.87. The number of esters is 2. The minimum Gasteiger partial charge on any atom is -0.466 e. The third kappa shape index (κ3) is 3.73. The van der Waals surface area contributed by atoms with Crippen LogP contribution in [0, 0.1) is 11.3 Å². The van der Waals surface area contributed by atoms with Crippen LogP contribution in [0.25, 0.3) is 0 Å². The smallest absolute Gasteiger partial charge is 0.355 e. The van der Waals surface area contributed by atoms with Crippen molar-refractivity contribution in [2.45, 2.75) is 18.9 Å². The van der Waals surface area contributed by atoms with Gasteiger partial charge in [0, 0.05) is 6.54 Å². The van der Waals surface area contributed by atoms with Crippen LogP contribution in [0.3, 0.4) is 0 Å². The Labute approximate surface area is 191 Å². The molecule has 1 unspecified atom stereocenters. The van der Waals surface area contributed by atoms with Crippen LogP contribution in [0.5, 0.6) is 0 Å². The molecule has 0 aromatic heterocycles. The van der Waals surface area contributed by atoms with Crippen molar-refractivity contribution in [1.82, 2.24) is 5.32 Å².